The molecule has 1 N–H and O–H groups in total. The molecule has 0 aromatic heterocycles. The van der Waals surface area contributed by atoms with Gasteiger partial charge in [-0.3, -0.25) is 0 Å². The molecule has 148 valence electrons. The zero-order valence-corrected chi connectivity index (χ0v) is 17.9. The predicted octanol–water partition coefficient (Wildman–Crippen LogP) is 7.81. The van der Waals surface area contributed by atoms with Crippen LogP contribution < -0.4 is 10.2 Å². The van der Waals surface area contributed by atoms with Gasteiger partial charge in [0.05, 0.1) is 22.8 Å². The second kappa shape index (κ2) is 7.67. The summed E-state index contributed by atoms with van der Waals surface area (Å²) in [4.78, 5) is 7.22. The number of nitrogens with zero attached hydrogens (tertiary/aromatic N) is 2. The van der Waals surface area contributed by atoms with E-state index in [2.05, 4.69) is 47.5 Å². The molecular formula is C25H19Cl2N3. The Hall–Kier alpha value is -3.01. The van der Waals surface area contributed by atoms with Gasteiger partial charge in [0, 0.05) is 33.5 Å². The Morgan fingerprint density at radius 1 is 0.900 bits per heavy atom. The first kappa shape index (κ1) is 19.0. The van der Waals surface area contributed by atoms with E-state index in [0.717, 1.165) is 56.3 Å². The lowest BCUT2D eigenvalue weighted by molar-refractivity contribution is 1.11. The van der Waals surface area contributed by atoms with Crippen molar-refractivity contribution in [3.05, 3.63) is 106 Å². The summed E-state index contributed by atoms with van der Waals surface area (Å²) < 4.78 is 0. The van der Waals surface area contributed by atoms with Crippen LogP contribution in [0, 0.1) is 6.92 Å². The van der Waals surface area contributed by atoms with Crippen molar-refractivity contribution in [1.82, 2.24) is 0 Å². The van der Waals surface area contributed by atoms with E-state index >= 15 is 0 Å². The van der Waals surface area contributed by atoms with Gasteiger partial charge >= 0.3 is 0 Å². The maximum Gasteiger partial charge on any atom is 0.0892 e. The standard InChI is InChI=1S/C25H19Cl2N3/c1-16-2-12-24-22(14-16)29-23-15-20(28-19-7-3-17(26)4-8-19)9-13-25(23)30(24)21-10-5-18(27)6-11-21/h2-8,10-15,28H,9H2,1H3. The van der Waals surface area contributed by atoms with Crippen LogP contribution in [0.15, 0.2) is 95.3 Å². The van der Waals surface area contributed by atoms with Gasteiger partial charge in [-0.1, -0.05) is 35.3 Å². The first-order valence-electron chi connectivity index (χ1n) is 9.75. The molecule has 5 rings (SSSR count). The molecule has 0 saturated heterocycles. The predicted molar refractivity (Wildman–Crippen MR) is 128 cm³/mol. The number of anilines is 3. The number of hydrogen-bond donors (Lipinski definition) is 1. The first-order valence-corrected chi connectivity index (χ1v) is 10.5. The number of hydrogen-bond acceptors (Lipinski definition) is 3. The maximum atomic E-state index is 6.13. The van der Waals surface area contributed by atoms with E-state index in [1.807, 2.05) is 48.5 Å². The van der Waals surface area contributed by atoms with Crippen molar-refractivity contribution >= 4 is 51.7 Å². The third-order valence-electron chi connectivity index (χ3n) is 5.18. The van der Waals surface area contributed by atoms with Crippen molar-refractivity contribution in [2.24, 2.45) is 4.99 Å². The molecular weight excluding hydrogens is 413 g/mol. The SMILES string of the molecule is Cc1ccc2c(c1)N=C1C=C(Nc3ccc(Cl)cc3)CC=C1N2c1ccc(Cl)cc1. The average molecular weight is 432 g/mol. The molecule has 0 saturated carbocycles. The summed E-state index contributed by atoms with van der Waals surface area (Å²) in [7, 11) is 0. The molecule has 0 atom stereocenters. The summed E-state index contributed by atoms with van der Waals surface area (Å²) in [5.41, 5.74) is 8.38. The van der Waals surface area contributed by atoms with Crippen molar-refractivity contribution in [3.8, 4) is 0 Å². The number of fused-ring (bicyclic) bond motifs is 2. The van der Waals surface area contributed by atoms with E-state index in [9.17, 15) is 0 Å². The third kappa shape index (κ3) is 3.62. The summed E-state index contributed by atoms with van der Waals surface area (Å²) in [5.74, 6) is 0. The molecule has 3 aromatic rings. The molecule has 2 aliphatic rings. The zero-order chi connectivity index (χ0) is 20.7. The number of nitrogens with one attached hydrogen (secondary N) is 1. The van der Waals surface area contributed by atoms with Gasteiger partial charge in [0.25, 0.3) is 0 Å². The van der Waals surface area contributed by atoms with E-state index in [0.29, 0.717) is 0 Å². The fourth-order valence-electron chi connectivity index (χ4n) is 3.75. The summed E-state index contributed by atoms with van der Waals surface area (Å²) in [6.07, 6.45) is 5.12. The van der Waals surface area contributed by atoms with Crippen molar-refractivity contribution in [3.63, 3.8) is 0 Å². The van der Waals surface area contributed by atoms with Gasteiger partial charge in [-0.15, -0.1) is 0 Å². The van der Waals surface area contributed by atoms with E-state index in [1.165, 1.54) is 5.56 Å². The molecule has 1 heterocycles. The summed E-state index contributed by atoms with van der Waals surface area (Å²) >= 11 is 12.1. The number of aryl methyl sites for hydroxylation is 1. The highest BCUT2D eigenvalue weighted by Crippen LogP contribution is 2.43. The summed E-state index contributed by atoms with van der Waals surface area (Å²) in [5, 5.41) is 4.93. The van der Waals surface area contributed by atoms with Crippen LogP contribution in [0.2, 0.25) is 10.0 Å². The van der Waals surface area contributed by atoms with Crippen LogP contribution in [0.1, 0.15) is 12.0 Å². The lowest BCUT2D eigenvalue weighted by Crippen LogP contribution is -2.27. The van der Waals surface area contributed by atoms with Crippen LogP contribution in [-0.4, -0.2) is 5.71 Å². The molecule has 0 amide bonds. The van der Waals surface area contributed by atoms with E-state index in [-0.39, 0.29) is 0 Å². The normalized spacial score (nSPS) is 14.9. The fraction of sp³-hybridized carbons (Fsp3) is 0.0800. The molecule has 3 aromatic carbocycles. The molecule has 1 aliphatic carbocycles. The van der Waals surface area contributed by atoms with Crippen molar-refractivity contribution in [2.45, 2.75) is 13.3 Å². The molecule has 0 spiro atoms. The van der Waals surface area contributed by atoms with Gasteiger partial charge in [0.1, 0.15) is 0 Å². The Labute approximate surface area is 186 Å². The van der Waals surface area contributed by atoms with Crippen LogP contribution in [0.25, 0.3) is 0 Å². The quantitative estimate of drug-likeness (QED) is 0.457. The topological polar surface area (TPSA) is 27.6 Å². The van der Waals surface area contributed by atoms with Crippen LogP contribution in [0.5, 0.6) is 0 Å². The highest BCUT2D eigenvalue weighted by atomic mass is 35.5. The van der Waals surface area contributed by atoms with Gasteiger partial charge in [-0.2, -0.15) is 0 Å². The molecule has 0 fully saturated rings. The minimum Gasteiger partial charge on any atom is -0.359 e. The lowest BCUT2D eigenvalue weighted by Gasteiger charge is -2.34. The Morgan fingerprint density at radius 3 is 2.33 bits per heavy atom. The minimum atomic E-state index is 0.723. The number of benzene rings is 3. The van der Waals surface area contributed by atoms with Crippen LogP contribution in [-0.2, 0) is 0 Å². The van der Waals surface area contributed by atoms with Crippen LogP contribution in [0.4, 0.5) is 22.7 Å². The van der Waals surface area contributed by atoms with E-state index in [4.69, 9.17) is 28.2 Å². The highest BCUT2D eigenvalue weighted by Gasteiger charge is 2.27. The molecule has 3 nitrogen and oxygen atoms in total. The van der Waals surface area contributed by atoms with Gasteiger partial charge in [-0.05, 0) is 79.2 Å². The number of halogens is 2. The second-order valence-electron chi connectivity index (χ2n) is 7.40. The zero-order valence-electron chi connectivity index (χ0n) is 16.4. The van der Waals surface area contributed by atoms with E-state index in [1.54, 1.807) is 0 Å². The Balaban J connectivity index is 1.56. The molecule has 30 heavy (non-hydrogen) atoms. The summed E-state index contributed by atoms with van der Waals surface area (Å²) in [6.45, 7) is 2.09. The second-order valence-corrected chi connectivity index (χ2v) is 8.27. The van der Waals surface area contributed by atoms with Gasteiger partial charge in [-0.25, -0.2) is 4.99 Å². The Bertz CT molecular complexity index is 1210. The fourth-order valence-corrected chi connectivity index (χ4v) is 4.00. The molecule has 1 aliphatic heterocycles. The van der Waals surface area contributed by atoms with Gasteiger partial charge in [0.2, 0.25) is 0 Å². The number of rotatable bonds is 3. The molecule has 5 heteroatoms. The number of aliphatic imine (C=N–C) groups is 1. The van der Waals surface area contributed by atoms with Gasteiger partial charge in [0.15, 0.2) is 0 Å². The third-order valence-corrected chi connectivity index (χ3v) is 5.68. The van der Waals surface area contributed by atoms with Crippen LogP contribution >= 0.6 is 23.2 Å². The smallest absolute Gasteiger partial charge is 0.0892 e. The highest BCUT2D eigenvalue weighted by molar-refractivity contribution is 6.31. The first-order chi connectivity index (χ1) is 14.6. The minimum absolute atomic E-state index is 0.723. The van der Waals surface area contributed by atoms with Crippen molar-refractivity contribution < 1.29 is 0 Å². The monoisotopic (exact) mass is 431 g/mol. The maximum absolute atomic E-state index is 6.13. The summed E-state index contributed by atoms with van der Waals surface area (Å²) in [6, 6.07) is 22.0. The van der Waals surface area contributed by atoms with Gasteiger partial charge < -0.3 is 10.2 Å². The largest absolute Gasteiger partial charge is 0.359 e. The average Bonchev–Trinajstić information content (AvgIpc) is 2.74. The molecule has 0 bridgehead atoms. The van der Waals surface area contributed by atoms with Crippen LogP contribution in [0.3, 0.4) is 0 Å². The Morgan fingerprint density at radius 2 is 1.60 bits per heavy atom. The van der Waals surface area contributed by atoms with E-state index < -0.39 is 0 Å². The van der Waals surface area contributed by atoms with Crippen molar-refractivity contribution in [1.29, 1.82) is 0 Å². The Kier molecular flexibility index (Phi) is 4.86. The molecule has 0 unspecified atom stereocenters. The number of allylic oxidation sites excluding steroid dienone is 2. The van der Waals surface area contributed by atoms with Crippen molar-refractivity contribution in [2.75, 3.05) is 10.2 Å². The molecule has 0 radical (unpaired) electrons. The lowest BCUT2D eigenvalue weighted by atomic mass is 10.00.